The highest BCUT2D eigenvalue weighted by Gasteiger charge is 2.37. The van der Waals surface area contributed by atoms with E-state index in [2.05, 4.69) is 6.07 Å². The summed E-state index contributed by atoms with van der Waals surface area (Å²) in [5.41, 5.74) is 2.33. The first kappa shape index (κ1) is 18.0. The lowest BCUT2D eigenvalue weighted by Gasteiger charge is -2.37. The van der Waals surface area contributed by atoms with Crippen LogP contribution in [-0.2, 0) is 20.8 Å². The molecule has 0 saturated carbocycles. The van der Waals surface area contributed by atoms with Gasteiger partial charge in [-0.15, -0.1) is 0 Å². The summed E-state index contributed by atoms with van der Waals surface area (Å²) in [6, 6.07) is 8.09. The van der Waals surface area contributed by atoms with Gasteiger partial charge in [-0.25, -0.2) is 0 Å². The van der Waals surface area contributed by atoms with Gasteiger partial charge in [0, 0.05) is 39.5 Å². The van der Waals surface area contributed by atoms with Crippen molar-refractivity contribution in [2.75, 3.05) is 26.2 Å². The van der Waals surface area contributed by atoms with Crippen molar-refractivity contribution in [3.05, 3.63) is 35.4 Å². The largest absolute Gasteiger partial charge is 0.340 e. The minimum absolute atomic E-state index is 0.0178. The smallest absolute Gasteiger partial charge is 0.225 e. The van der Waals surface area contributed by atoms with Crippen molar-refractivity contribution in [2.45, 2.75) is 51.1 Å². The summed E-state index contributed by atoms with van der Waals surface area (Å²) >= 11 is 0. The van der Waals surface area contributed by atoms with Gasteiger partial charge in [-0.1, -0.05) is 24.3 Å². The van der Waals surface area contributed by atoms with E-state index in [0.717, 1.165) is 31.4 Å². The molecule has 2 unspecified atom stereocenters. The first-order valence-corrected chi connectivity index (χ1v) is 9.97. The number of likely N-dealkylation sites (tertiary alicyclic amines) is 2. The molecule has 4 rings (SSSR count). The second-order valence-electron chi connectivity index (χ2n) is 7.85. The van der Waals surface area contributed by atoms with E-state index in [1.807, 2.05) is 32.9 Å². The number of fused-ring (bicyclic) bond motifs is 1. The zero-order valence-electron chi connectivity index (χ0n) is 15.9. The van der Waals surface area contributed by atoms with Crippen molar-refractivity contribution in [1.29, 1.82) is 0 Å². The van der Waals surface area contributed by atoms with Gasteiger partial charge >= 0.3 is 0 Å². The summed E-state index contributed by atoms with van der Waals surface area (Å²) in [4.78, 5) is 42.8. The second kappa shape index (κ2) is 7.33. The van der Waals surface area contributed by atoms with E-state index in [-0.39, 0.29) is 29.8 Å². The highest BCUT2D eigenvalue weighted by atomic mass is 16.2. The average molecular weight is 369 g/mol. The lowest BCUT2D eigenvalue weighted by molar-refractivity contribution is -0.137. The SMILES string of the molecule is CC(=O)N1CCc2ccccc2C1CC(=O)N1CCC(N2CCCC2=O)C1. The number of carbonyl (C=O) groups is 3. The minimum atomic E-state index is -0.188. The Morgan fingerprint density at radius 2 is 1.93 bits per heavy atom. The summed E-state index contributed by atoms with van der Waals surface area (Å²) in [6.07, 6.45) is 3.57. The predicted octanol–water partition coefficient (Wildman–Crippen LogP) is 1.75. The van der Waals surface area contributed by atoms with Crippen molar-refractivity contribution in [3.63, 3.8) is 0 Å². The Balaban J connectivity index is 1.46. The Labute approximate surface area is 160 Å². The molecule has 1 aromatic carbocycles. The number of carbonyl (C=O) groups excluding carboxylic acids is 3. The molecule has 3 aliphatic rings. The molecule has 3 aliphatic heterocycles. The van der Waals surface area contributed by atoms with E-state index in [4.69, 9.17) is 0 Å². The molecule has 3 amide bonds. The van der Waals surface area contributed by atoms with E-state index in [1.54, 1.807) is 6.92 Å². The fourth-order valence-electron chi connectivity index (χ4n) is 4.82. The molecule has 144 valence electrons. The molecule has 6 heteroatoms. The molecule has 27 heavy (non-hydrogen) atoms. The van der Waals surface area contributed by atoms with Gasteiger partial charge in [0.25, 0.3) is 0 Å². The number of nitrogens with zero attached hydrogens (tertiary/aromatic N) is 3. The zero-order valence-corrected chi connectivity index (χ0v) is 15.9. The van der Waals surface area contributed by atoms with Crippen LogP contribution in [0.2, 0.25) is 0 Å². The average Bonchev–Trinajstić information content (AvgIpc) is 3.30. The number of benzene rings is 1. The highest BCUT2D eigenvalue weighted by Crippen LogP contribution is 2.33. The first-order chi connectivity index (χ1) is 13.0. The van der Waals surface area contributed by atoms with Crippen LogP contribution in [0.3, 0.4) is 0 Å². The van der Waals surface area contributed by atoms with E-state index in [9.17, 15) is 14.4 Å². The fraction of sp³-hybridized carbons (Fsp3) is 0.571. The molecule has 2 atom stereocenters. The molecular weight excluding hydrogens is 342 g/mol. The van der Waals surface area contributed by atoms with Crippen LogP contribution in [0.4, 0.5) is 0 Å². The van der Waals surface area contributed by atoms with Crippen LogP contribution in [-0.4, -0.2) is 64.6 Å². The third kappa shape index (κ3) is 3.45. The Kier molecular flexibility index (Phi) is 4.89. The molecule has 3 heterocycles. The molecular formula is C21H27N3O3. The van der Waals surface area contributed by atoms with Gasteiger partial charge in [-0.2, -0.15) is 0 Å². The van der Waals surface area contributed by atoms with E-state index in [0.29, 0.717) is 32.5 Å². The fourth-order valence-corrected chi connectivity index (χ4v) is 4.82. The van der Waals surface area contributed by atoms with Crippen molar-refractivity contribution in [3.8, 4) is 0 Å². The van der Waals surface area contributed by atoms with E-state index >= 15 is 0 Å². The summed E-state index contributed by atoms with van der Waals surface area (Å²) < 4.78 is 0. The molecule has 1 aromatic rings. The predicted molar refractivity (Wildman–Crippen MR) is 101 cm³/mol. The third-order valence-electron chi connectivity index (χ3n) is 6.25. The summed E-state index contributed by atoms with van der Waals surface area (Å²) in [5, 5.41) is 0. The molecule has 0 aliphatic carbocycles. The van der Waals surface area contributed by atoms with Gasteiger partial charge < -0.3 is 14.7 Å². The minimum Gasteiger partial charge on any atom is -0.340 e. The first-order valence-electron chi connectivity index (χ1n) is 9.97. The van der Waals surface area contributed by atoms with E-state index < -0.39 is 0 Å². The van der Waals surface area contributed by atoms with Crippen LogP contribution in [0.5, 0.6) is 0 Å². The van der Waals surface area contributed by atoms with Crippen LogP contribution in [0.15, 0.2) is 24.3 Å². The summed E-state index contributed by atoms with van der Waals surface area (Å²) in [5.74, 6) is 0.319. The molecule has 0 spiro atoms. The molecule has 0 N–H and O–H groups in total. The van der Waals surface area contributed by atoms with Crippen LogP contribution in [0.25, 0.3) is 0 Å². The van der Waals surface area contributed by atoms with Gasteiger partial charge in [0.1, 0.15) is 0 Å². The van der Waals surface area contributed by atoms with Gasteiger partial charge in [0.2, 0.25) is 17.7 Å². The molecule has 6 nitrogen and oxygen atoms in total. The van der Waals surface area contributed by atoms with E-state index in [1.165, 1.54) is 5.56 Å². The monoisotopic (exact) mass is 369 g/mol. The third-order valence-corrected chi connectivity index (χ3v) is 6.25. The van der Waals surface area contributed by atoms with Crippen molar-refractivity contribution in [1.82, 2.24) is 14.7 Å². The highest BCUT2D eigenvalue weighted by molar-refractivity contribution is 5.81. The van der Waals surface area contributed by atoms with Crippen LogP contribution in [0, 0.1) is 0 Å². The maximum absolute atomic E-state index is 13.0. The Hall–Kier alpha value is -2.37. The standard InChI is InChI=1S/C21H27N3O3/c1-15(25)23-12-8-16-5-2-3-6-18(16)19(23)13-21(27)22-11-9-17(14-22)24-10-4-7-20(24)26/h2-3,5-6,17,19H,4,7-14H2,1H3. The van der Waals surface area contributed by atoms with Crippen molar-refractivity contribution < 1.29 is 14.4 Å². The number of amides is 3. The molecule has 0 aromatic heterocycles. The number of hydrogen-bond donors (Lipinski definition) is 0. The molecule has 2 fully saturated rings. The van der Waals surface area contributed by atoms with Gasteiger partial charge in [0.05, 0.1) is 18.5 Å². The normalized spacial score (nSPS) is 25.1. The maximum atomic E-state index is 13.0. The summed E-state index contributed by atoms with van der Waals surface area (Å²) in [6.45, 7) is 4.38. The van der Waals surface area contributed by atoms with Crippen LogP contribution < -0.4 is 0 Å². The van der Waals surface area contributed by atoms with Gasteiger partial charge in [-0.05, 0) is 30.4 Å². The quantitative estimate of drug-likeness (QED) is 0.815. The zero-order chi connectivity index (χ0) is 19.0. The Bertz CT molecular complexity index is 763. The molecule has 0 bridgehead atoms. The lowest BCUT2D eigenvalue weighted by atomic mass is 9.90. The van der Waals surface area contributed by atoms with Crippen molar-refractivity contribution in [2.24, 2.45) is 0 Å². The summed E-state index contributed by atoms with van der Waals surface area (Å²) in [7, 11) is 0. The maximum Gasteiger partial charge on any atom is 0.225 e. The van der Waals surface area contributed by atoms with Crippen molar-refractivity contribution >= 4 is 17.7 Å². The van der Waals surface area contributed by atoms with Crippen LogP contribution >= 0.6 is 0 Å². The number of hydrogen-bond acceptors (Lipinski definition) is 3. The van der Waals surface area contributed by atoms with Gasteiger partial charge in [-0.3, -0.25) is 14.4 Å². The Morgan fingerprint density at radius 3 is 2.67 bits per heavy atom. The molecule has 2 saturated heterocycles. The molecule has 0 radical (unpaired) electrons. The van der Waals surface area contributed by atoms with Crippen LogP contribution in [0.1, 0.15) is 49.8 Å². The lowest BCUT2D eigenvalue weighted by Crippen LogP contribution is -2.43. The topological polar surface area (TPSA) is 60.9 Å². The Morgan fingerprint density at radius 1 is 1.11 bits per heavy atom. The number of rotatable bonds is 3. The van der Waals surface area contributed by atoms with Gasteiger partial charge in [0.15, 0.2) is 0 Å². The second-order valence-corrected chi connectivity index (χ2v) is 7.85.